The van der Waals surface area contributed by atoms with E-state index in [0.29, 0.717) is 5.75 Å². The molecule has 21 heavy (non-hydrogen) atoms. The molecule has 2 nitrogen and oxygen atoms in total. The van der Waals surface area contributed by atoms with E-state index in [9.17, 15) is 8.78 Å². The van der Waals surface area contributed by atoms with Crippen LogP contribution in [0.1, 0.15) is 29.2 Å². The lowest BCUT2D eigenvalue weighted by atomic mass is 10.1. The molecule has 3 rings (SSSR count). The van der Waals surface area contributed by atoms with Crippen LogP contribution in [-0.2, 0) is 12.3 Å². The largest absolute Gasteiger partial charge is 0.487 e. The molecule has 0 amide bonds. The van der Waals surface area contributed by atoms with Crippen molar-refractivity contribution < 1.29 is 13.5 Å². The van der Waals surface area contributed by atoms with Gasteiger partial charge >= 0.3 is 5.92 Å². The molecule has 1 atom stereocenters. The molecular weight excluding hydrogens is 272 g/mol. The zero-order valence-electron chi connectivity index (χ0n) is 11.6. The molecule has 0 radical (unpaired) electrons. The van der Waals surface area contributed by atoms with E-state index in [1.54, 1.807) is 24.3 Å². The molecule has 2 aromatic rings. The molecule has 2 N–H and O–H groups in total. The van der Waals surface area contributed by atoms with Crippen LogP contribution in [0.15, 0.2) is 48.5 Å². The Kier molecular flexibility index (Phi) is 3.64. The molecule has 0 fully saturated rings. The molecule has 0 aromatic heterocycles. The molecule has 0 aliphatic heterocycles. The molecule has 110 valence electrons. The van der Waals surface area contributed by atoms with Crippen molar-refractivity contribution in [2.24, 2.45) is 5.73 Å². The second kappa shape index (κ2) is 5.45. The van der Waals surface area contributed by atoms with E-state index < -0.39 is 12.5 Å². The van der Waals surface area contributed by atoms with Crippen LogP contribution in [0.25, 0.3) is 0 Å². The summed E-state index contributed by atoms with van der Waals surface area (Å²) in [5, 5.41) is 0. The minimum atomic E-state index is -3.00. The van der Waals surface area contributed by atoms with Gasteiger partial charge in [0.25, 0.3) is 0 Å². The van der Waals surface area contributed by atoms with Gasteiger partial charge in [0.2, 0.25) is 0 Å². The molecule has 0 saturated heterocycles. The lowest BCUT2D eigenvalue weighted by Gasteiger charge is -2.18. The van der Waals surface area contributed by atoms with Crippen LogP contribution < -0.4 is 10.5 Å². The van der Waals surface area contributed by atoms with E-state index in [-0.39, 0.29) is 11.6 Å². The number of halogens is 2. The average Bonchev–Trinajstić information content (AvgIpc) is 2.87. The Hall–Kier alpha value is -1.94. The van der Waals surface area contributed by atoms with E-state index in [4.69, 9.17) is 10.5 Å². The Balaban J connectivity index is 1.71. The summed E-state index contributed by atoms with van der Waals surface area (Å²) in [7, 11) is 0. The van der Waals surface area contributed by atoms with Crippen molar-refractivity contribution >= 4 is 0 Å². The third-order valence-corrected chi connectivity index (χ3v) is 3.85. The van der Waals surface area contributed by atoms with Crippen LogP contribution in [0.2, 0.25) is 0 Å². The van der Waals surface area contributed by atoms with Crippen LogP contribution >= 0.6 is 0 Å². The molecule has 2 aromatic carbocycles. The molecule has 0 saturated carbocycles. The Morgan fingerprint density at radius 2 is 1.90 bits per heavy atom. The second-order valence-corrected chi connectivity index (χ2v) is 5.36. The van der Waals surface area contributed by atoms with Crippen molar-refractivity contribution in [3.63, 3.8) is 0 Å². The Morgan fingerprint density at radius 3 is 2.67 bits per heavy atom. The highest BCUT2D eigenvalue weighted by molar-refractivity contribution is 5.40. The van der Waals surface area contributed by atoms with Gasteiger partial charge in [-0.25, -0.2) is 0 Å². The van der Waals surface area contributed by atoms with Gasteiger partial charge in [0.1, 0.15) is 5.75 Å². The van der Waals surface area contributed by atoms with E-state index in [1.165, 1.54) is 12.1 Å². The summed E-state index contributed by atoms with van der Waals surface area (Å²) >= 11 is 0. The SMILES string of the molecule is N[C@@H]1CCc2cc(OCC(F)(F)c3ccccc3)ccc21. The molecule has 0 heterocycles. The Labute approximate surface area is 122 Å². The van der Waals surface area contributed by atoms with Crippen LogP contribution in [0.4, 0.5) is 8.78 Å². The minimum absolute atomic E-state index is 0.0341. The lowest BCUT2D eigenvalue weighted by molar-refractivity contribution is -0.0467. The first-order valence-corrected chi connectivity index (χ1v) is 7.01. The van der Waals surface area contributed by atoms with Gasteiger partial charge in [-0.1, -0.05) is 36.4 Å². The van der Waals surface area contributed by atoms with Crippen LogP contribution in [0, 0.1) is 0 Å². The van der Waals surface area contributed by atoms with Gasteiger partial charge in [-0.3, -0.25) is 0 Å². The molecule has 4 heteroatoms. The molecule has 0 bridgehead atoms. The Bertz CT molecular complexity index is 628. The number of aryl methyl sites for hydroxylation is 1. The zero-order chi connectivity index (χ0) is 14.9. The lowest BCUT2D eigenvalue weighted by Crippen LogP contribution is -2.23. The summed E-state index contributed by atoms with van der Waals surface area (Å²) in [5.74, 6) is -2.53. The van der Waals surface area contributed by atoms with E-state index >= 15 is 0 Å². The van der Waals surface area contributed by atoms with Gasteiger partial charge < -0.3 is 10.5 Å². The fourth-order valence-electron chi connectivity index (χ4n) is 2.66. The van der Waals surface area contributed by atoms with Gasteiger partial charge in [-0.2, -0.15) is 8.78 Å². The molecule has 0 spiro atoms. The number of rotatable bonds is 4. The van der Waals surface area contributed by atoms with Gasteiger partial charge in [0, 0.05) is 11.6 Å². The first-order chi connectivity index (χ1) is 10.1. The summed E-state index contributed by atoms with van der Waals surface area (Å²) in [6.45, 7) is -0.665. The molecule has 0 unspecified atom stereocenters. The maximum absolute atomic E-state index is 14.0. The van der Waals surface area contributed by atoms with Crippen molar-refractivity contribution in [2.45, 2.75) is 24.8 Å². The minimum Gasteiger partial charge on any atom is -0.487 e. The standard InChI is InChI=1S/C17H17F2NO/c18-17(19,13-4-2-1-3-5-13)11-21-14-7-8-15-12(10-14)6-9-16(15)20/h1-5,7-8,10,16H,6,9,11,20H2/t16-/m1/s1. The summed E-state index contributed by atoms with van der Waals surface area (Å²) in [5.41, 5.74) is 8.12. The maximum Gasteiger partial charge on any atom is 0.306 e. The third kappa shape index (κ3) is 2.90. The number of nitrogens with two attached hydrogens (primary N) is 1. The first kappa shape index (κ1) is 14.0. The number of hydrogen-bond donors (Lipinski definition) is 1. The maximum atomic E-state index is 14.0. The topological polar surface area (TPSA) is 35.2 Å². The molecule has 1 aliphatic carbocycles. The van der Waals surface area contributed by atoms with Crippen molar-refractivity contribution in [2.75, 3.05) is 6.61 Å². The van der Waals surface area contributed by atoms with Crippen molar-refractivity contribution in [3.05, 3.63) is 65.2 Å². The summed E-state index contributed by atoms with van der Waals surface area (Å²) in [4.78, 5) is 0. The highest BCUT2D eigenvalue weighted by Gasteiger charge is 2.32. The van der Waals surface area contributed by atoms with Crippen molar-refractivity contribution in [3.8, 4) is 5.75 Å². The van der Waals surface area contributed by atoms with Crippen LogP contribution in [0.5, 0.6) is 5.75 Å². The molecular formula is C17H17F2NO. The fraction of sp³-hybridized carbons (Fsp3) is 0.294. The smallest absolute Gasteiger partial charge is 0.306 e. The molecule has 1 aliphatic rings. The van der Waals surface area contributed by atoms with E-state index in [1.807, 2.05) is 12.1 Å². The Morgan fingerprint density at radius 1 is 1.14 bits per heavy atom. The summed E-state index contributed by atoms with van der Waals surface area (Å²) in [6.07, 6.45) is 1.78. The second-order valence-electron chi connectivity index (χ2n) is 5.36. The van der Waals surface area contributed by atoms with E-state index in [2.05, 4.69) is 0 Å². The fourth-order valence-corrected chi connectivity index (χ4v) is 2.66. The van der Waals surface area contributed by atoms with Gasteiger partial charge in [0.15, 0.2) is 6.61 Å². The zero-order valence-corrected chi connectivity index (χ0v) is 11.6. The van der Waals surface area contributed by atoms with Gasteiger partial charge in [-0.15, -0.1) is 0 Å². The van der Waals surface area contributed by atoms with Crippen LogP contribution in [-0.4, -0.2) is 6.61 Å². The highest BCUT2D eigenvalue weighted by atomic mass is 19.3. The van der Waals surface area contributed by atoms with E-state index in [0.717, 1.165) is 24.0 Å². The highest BCUT2D eigenvalue weighted by Crippen LogP contribution is 2.33. The number of benzene rings is 2. The number of alkyl halides is 2. The normalized spacial score (nSPS) is 17.6. The van der Waals surface area contributed by atoms with Crippen molar-refractivity contribution in [1.82, 2.24) is 0 Å². The number of fused-ring (bicyclic) bond motifs is 1. The number of ether oxygens (including phenoxy) is 1. The first-order valence-electron chi connectivity index (χ1n) is 7.01. The van der Waals surface area contributed by atoms with Crippen LogP contribution in [0.3, 0.4) is 0 Å². The quantitative estimate of drug-likeness (QED) is 0.929. The predicted molar refractivity (Wildman–Crippen MR) is 77.5 cm³/mol. The van der Waals surface area contributed by atoms with Gasteiger partial charge in [0.05, 0.1) is 0 Å². The summed E-state index contributed by atoms with van der Waals surface area (Å²) in [6, 6.07) is 13.2. The monoisotopic (exact) mass is 289 g/mol. The average molecular weight is 289 g/mol. The predicted octanol–water partition coefficient (Wildman–Crippen LogP) is 3.80. The van der Waals surface area contributed by atoms with Gasteiger partial charge in [-0.05, 0) is 36.1 Å². The number of hydrogen-bond acceptors (Lipinski definition) is 2. The summed E-state index contributed by atoms with van der Waals surface area (Å²) < 4.78 is 33.4. The third-order valence-electron chi connectivity index (χ3n) is 3.85. The van der Waals surface area contributed by atoms with Crippen molar-refractivity contribution in [1.29, 1.82) is 0 Å².